The van der Waals surface area contributed by atoms with Gasteiger partial charge in [0, 0.05) is 6.92 Å². The van der Waals surface area contributed by atoms with Gasteiger partial charge in [-0.1, -0.05) is 75.2 Å². The van der Waals surface area contributed by atoms with Crippen molar-refractivity contribution >= 4 is 16.9 Å². The van der Waals surface area contributed by atoms with E-state index in [4.69, 9.17) is 18.6 Å². The van der Waals surface area contributed by atoms with Gasteiger partial charge in [-0.05, 0) is 58.2 Å². The van der Waals surface area contributed by atoms with E-state index >= 15 is 0 Å². The Bertz CT molecular complexity index is 1100. The lowest BCUT2D eigenvalue weighted by atomic mass is 10.1. The quantitative estimate of drug-likeness (QED) is 0.0918. The monoisotopic (exact) mass is 512 g/mol. The number of carbonyl (C=O) groups is 1. The highest BCUT2D eigenvalue weighted by atomic mass is 16.6. The van der Waals surface area contributed by atoms with Crippen LogP contribution in [0.3, 0.4) is 0 Å². The van der Waals surface area contributed by atoms with Crippen LogP contribution in [0.4, 0.5) is 0 Å². The molecule has 1 aromatic heterocycles. The number of allylic oxidation sites excluding steroid dienone is 3. The van der Waals surface area contributed by atoms with Crippen LogP contribution in [0, 0.1) is 0 Å². The van der Waals surface area contributed by atoms with E-state index in [1.807, 2.05) is 6.08 Å². The maximum Gasteiger partial charge on any atom is 0.383 e. The number of carbonyl (C=O) groups excluding carboxylic acids is 1. The predicted octanol–water partition coefficient (Wildman–Crippen LogP) is 8.31. The van der Waals surface area contributed by atoms with Gasteiger partial charge in [0.2, 0.25) is 5.75 Å². The lowest BCUT2D eigenvalue weighted by Gasteiger charge is -2.14. The molecule has 0 aliphatic carbocycles. The van der Waals surface area contributed by atoms with E-state index < -0.39 is 11.6 Å². The van der Waals surface area contributed by atoms with Crippen molar-refractivity contribution in [1.29, 1.82) is 0 Å². The highest BCUT2D eigenvalue weighted by Crippen LogP contribution is 2.39. The van der Waals surface area contributed by atoms with E-state index in [0.717, 1.165) is 32.1 Å². The van der Waals surface area contributed by atoms with E-state index in [9.17, 15) is 9.59 Å². The minimum absolute atomic E-state index is 0.0539. The number of esters is 1. The van der Waals surface area contributed by atoms with Gasteiger partial charge < -0.3 is 18.6 Å². The molecule has 37 heavy (non-hydrogen) atoms. The number of hydrogen-bond acceptors (Lipinski definition) is 6. The fourth-order valence-electron chi connectivity index (χ4n) is 4.03. The van der Waals surface area contributed by atoms with E-state index in [1.165, 1.54) is 50.2 Å². The summed E-state index contributed by atoms with van der Waals surface area (Å²) in [6.07, 6.45) is 15.4. The summed E-state index contributed by atoms with van der Waals surface area (Å²) in [5.41, 5.74) is 2.14. The van der Waals surface area contributed by atoms with Crippen molar-refractivity contribution in [1.82, 2.24) is 0 Å². The summed E-state index contributed by atoms with van der Waals surface area (Å²) in [6.45, 7) is 10.5. The second-order valence-electron chi connectivity index (χ2n) is 9.78. The van der Waals surface area contributed by atoms with Gasteiger partial charge in [-0.2, -0.15) is 0 Å². The third-order valence-electron chi connectivity index (χ3n) is 6.06. The first-order valence-corrected chi connectivity index (χ1v) is 13.7. The van der Waals surface area contributed by atoms with Gasteiger partial charge in [0.25, 0.3) is 0 Å². The summed E-state index contributed by atoms with van der Waals surface area (Å²) < 4.78 is 22.9. The Morgan fingerprint density at radius 3 is 2.27 bits per heavy atom. The SMILES string of the molecule is CCCCCCCCCCOc1c(OC(C)=O)c2c(OCC=C(C)CCC=C(C)C)cccc2oc1=O. The van der Waals surface area contributed by atoms with Gasteiger partial charge in [-0.25, -0.2) is 4.79 Å². The van der Waals surface area contributed by atoms with Gasteiger partial charge in [0.1, 0.15) is 23.3 Å². The molecule has 6 heteroatoms. The molecule has 6 nitrogen and oxygen atoms in total. The Balaban J connectivity index is 2.14. The Kier molecular flexibility index (Phi) is 13.6. The summed E-state index contributed by atoms with van der Waals surface area (Å²) in [5, 5.41) is 0.416. The van der Waals surface area contributed by atoms with Gasteiger partial charge in [-0.3, -0.25) is 4.79 Å². The maximum atomic E-state index is 12.7. The standard InChI is InChI=1S/C31H44O6/c1-6-7-8-9-10-11-12-13-21-35-30-29(36-25(5)32)28-26(18-15-19-27(28)37-31(30)33)34-22-20-24(4)17-14-16-23(2)3/h15-16,18-20H,6-14,17,21-22H2,1-5H3. The number of ether oxygens (including phenoxy) is 3. The molecule has 0 radical (unpaired) electrons. The van der Waals surface area contributed by atoms with E-state index in [-0.39, 0.29) is 17.1 Å². The number of unbranched alkanes of at least 4 members (excludes halogenated alkanes) is 7. The Hall–Kier alpha value is -3.02. The number of benzene rings is 1. The predicted molar refractivity (Wildman–Crippen MR) is 150 cm³/mol. The second kappa shape index (κ2) is 16.7. The third kappa shape index (κ3) is 10.9. The van der Waals surface area contributed by atoms with E-state index in [2.05, 4.69) is 33.8 Å². The van der Waals surface area contributed by atoms with Gasteiger partial charge in [0.05, 0.1) is 6.61 Å². The molecule has 0 fully saturated rings. The topological polar surface area (TPSA) is 75.0 Å². The fourth-order valence-corrected chi connectivity index (χ4v) is 4.03. The molecule has 0 bridgehead atoms. The summed E-state index contributed by atoms with van der Waals surface area (Å²) in [6, 6.07) is 5.16. The zero-order valence-corrected chi connectivity index (χ0v) is 23.3. The van der Waals surface area contributed by atoms with Crippen molar-refractivity contribution in [2.24, 2.45) is 0 Å². The highest BCUT2D eigenvalue weighted by Gasteiger charge is 2.22. The van der Waals surface area contributed by atoms with Crippen molar-refractivity contribution in [3.63, 3.8) is 0 Å². The molecule has 2 aromatic rings. The average Bonchev–Trinajstić information content (AvgIpc) is 2.83. The van der Waals surface area contributed by atoms with Gasteiger partial charge in [0.15, 0.2) is 5.75 Å². The molecule has 1 aromatic carbocycles. The first-order chi connectivity index (χ1) is 17.8. The smallest absolute Gasteiger partial charge is 0.383 e. The number of fused-ring (bicyclic) bond motifs is 1. The van der Waals surface area contributed by atoms with Crippen LogP contribution < -0.4 is 19.8 Å². The molecule has 0 saturated heterocycles. The van der Waals surface area contributed by atoms with Crippen LogP contribution in [0.5, 0.6) is 17.2 Å². The largest absolute Gasteiger partial charge is 0.489 e. The van der Waals surface area contributed by atoms with Crippen LogP contribution >= 0.6 is 0 Å². The zero-order valence-electron chi connectivity index (χ0n) is 23.3. The minimum Gasteiger partial charge on any atom is -0.489 e. The summed E-state index contributed by atoms with van der Waals surface area (Å²) in [7, 11) is 0. The molecule has 0 saturated carbocycles. The van der Waals surface area contributed by atoms with Crippen molar-refractivity contribution in [3.8, 4) is 17.2 Å². The van der Waals surface area contributed by atoms with Gasteiger partial charge >= 0.3 is 11.6 Å². The zero-order chi connectivity index (χ0) is 27.0. The molecule has 1 heterocycles. The van der Waals surface area contributed by atoms with Crippen LogP contribution in [0.2, 0.25) is 0 Å². The van der Waals surface area contributed by atoms with Crippen LogP contribution in [0.1, 0.15) is 98.8 Å². The lowest BCUT2D eigenvalue weighted by molar-refractivity contribution is -0.131. The van der Waals surface area contributed by atoms with Crippen molar-refractivity contribution in [2.75, 3.05) is 13.2 Å². The molecule has 0 N–H and O–H groups in total. The molecule has 0 aliphatic rings. The minimum atomic E-state index is -0.671. The molecular formula is C31H44O6. The fraction of sp³-hybridized carbons (Fsp3) is 0.548. The molecule has 0 amide bonds. The Morgan fingerprint density at radius 1 is 0.892 bits per heavy atom. The molecule has 0 aliphatic heterocycles. The van der Waals surface area contributed by atoms with E-state index in [1.54, 1.807) is 18.2 Å². The second-order valence-corrected chi connectivity index (χ2v) is 9.78. The van der Waals surface area contributed by atoms with Crippen molar-refractivity contribution < 1.29 is 23.4 Å². The van der Waals surface area contributed by atoms with Crippen LogP contribution in [-0.2, 0) is 4.79 Å². The molecule has 0 atom stereocenters. The van der Waals surface area contributed by atoms with Crippen molar-refractivity contribution in [3.05, 3.63) is 51.9 Å². The van der Waals surface area contributed by atoms with Crippen LogP contribution in [-0.4, -0.2) is 19.2 Å². The molecule has 2 rings (SSSR count). The normalized spacial score (nSPS) is 11.4. The molecule has 204 valence electrons. The van der Waals surface area contributed by atoms with Crippen molar-refractivity contribution in [2.45, 2.75) is 98.8 Å². The Morgan fingerprint density at radius 2 is 1.59 bits per heavy atom. The maximum absolute atomic E-state index is 12.7. The molecule has 0 unspecified atom stereocenters. The van der Waals surface area contributed by atoms with Crippen LogP contribution in [0.15, 0.2) is 50.7 Å². The first kappa shape index (κ1) is 30.2. The third-order valence-corrected chi connectivity index (χ3v) is 6.06. The lowest BCUT2D eigenvalue weighted by Crippen LogP contribution is -2.13. The molecular weight excluding hydrogens is 468 g/mol. The summed E-state index contributed by atoms with van der Waals surface area (Å²) >= 11 is 0. The van der Waals surface area contributed by atoms with Crippen LogP contribution in [0.25, 0.3) is 11.0 Å². The average molecular weight is 513 g/mol. The van der Waals surface area contributed by atoms with E-state index in [0.29, 0.717) is 24.3 Å². The van der Waals surface area contributed by atoms with Gasteiger partial charge in [-0.15, -0.1) is 0 Å². The molecule has 0 spiro atoms. The number of hydrogen-bond donors (Lipinski definition) is 0. The summed E-state index contributed by atoms with van der Waals surface area (Å²) in [4.78, 5) is 24.7. The Labute approximate surface area is 221 Å². The first-order valence-electron chi connectivity index (χ1n) is 13.7. The summed E-state index contributed by atoms with van der Waals surface area (Å²) in [5.74, 6) is -0.121. The number of rotatable bonds is 17. The highest BCUT2D eigenvalue weighted by molar-refractivity contribution is 5.93.